The first-order chi connectivity index (χ1) is 8.36. The van der Waals surface area contributed by atoms with Gasteiger partial charge in [0.15, 0.2) is 0 Å². The molecule has 0 N–H and O–H groups in total. The molecular weight excluding hydrogens is 208 g/mol. The first-order valence-corrected chi connectivity index (χ1v) is 6.04. The van der Waals surface area contributed by atoms with Gasteiger partial charge in [0, 0.05) is 5.56 Å². The molecule has 2 aromatic carbocycles. The summed E-state index contributed by atoms with van der Waals surface area (Å²) in [5.74, 6) is 0. The molecule has 1 nitrogen and oxygen atoms in total. The summed E-state index contributed by atoms with van der Waals surface area (Å²) in [6.45, 7) is 0. The van der Waals surface area contributed by atoms with Gasteiger partial charge in [-0.2, -0.15) is 0 Å². The molecule has 0 amide bonds. The lowest BCUT2D eigenvalue weighted by Gasteiger charge is -2.05. The number of rotatable bonds is 2. The molecule has 0 unspecified atom stereocenters. The summed E-state index contributed by atoms with van der Waals surface area (Å²) in [4.78, 5) is 10.8. The molecule has 84 valence electrons. The normalized spacial score (nSPS) is 13.4. The second kappa shape index (κ2) is 4.17. The molecule has 0 aromatic heterocycles. The van der Waals surface area contributed by atoms with E-state index in [0.717, 1.165) is 17.4 Å². The number of aldehydes is 1. The van der Waals surface area contributed by atoms with Gasteiger partial charge < -0.3 is 0 Å². The van der Waals surface area contributed by atoms with Gasteiger partial charge in [-0.15, -0.1) is 0 Å². The third-order valence-corrected chi connectivity index (χ3v) is 3.45. The quantitative estimate of drug-likeness (QED) is 0.709. The van der Waals surface area contributed by atoms with Crippen molar-refractivity contribution in [2.45, 2.75) is 19.3 Å². The van der Waals surface area contributed by atoms with Gasteiger partial charge in [0.05, 0.1) is 0 Å². The van der Waals surface area contributed by atoms with E-state index in [1.165, 1.54) is 36.0 Å². The van der Waals surface area contributed by atoms with Crippen LogP contribution in [-0.4, -0.2) is 6.29 Å². The molecule has 0 saturated carbocycles. The summed E-state index contributed by atoms with van der Waals surface area (Å²) < 4.78 is 0. The maximum Gasteiger partial charge on any atom is 0.150 e. The highest BCUT2D eigenvalue weighted by atomic mass is 16.1. The highest BCUT2D eigenvalue weighted by Gasteiger charge is 2.11. The summed E-state index contributed by atoms with van der Waals surface area (Å²) in [7, 11) is 0. The van der Waals surface area contributed by atoms with Crippen LogP contribution in [0.25, 0.3) is 11.1 Å². The first-order valence-electron chi connectivity index (χ1n) is 6.04. The zero-order valence-electron chi connectivity index (χ0n) is 9.65. The van der Waals surface area contributed by atoms with Crippen LogP contribution in [-0.2, 0) is 12.8 Å². The molecule has 17 heavy (non-hydrogen) atoms. The van der Waals surface area contributed by atoms with Crippen molar-refractivity contribution in [3.8, 4) is 11.1 Å². The van der Waals surface area contributed by atoms with Crippen molar-refractivity contribution < 1.29 is 4.79 Å². The minimum atomic E-state index is 0.739. The fourth-order valence-corrected chi connectivity index (χ4v) is 2.54. The van der Waals surface area contributed by atoms with Crippen LogP contribution in [0.4, 0.5) is 0 Å². The van der Waals surface area contributed by atoms with Crippen LogP contribution < -0.4 is 0 Å². The van der Waals surface area contributed by atoms with Crippen molar-refractivity contribution in [1.29, 1.82) is 0 Å². The van der Waals surface area contributed by atoms with E-state index in [2.05, 4.69) is 24.3 Å². The van der Waals surface area contributed by atoms with Gasteiger partial charge in [0.1, 0.15) is 6.29 Å². The van der Waals surface area contributed by atoms with Crippen molar-refractivity contribution >= 4 is 6.29 Å². The van der Waals surface area contributed by atoms with E-state index < -0.39 is 0 Å². The fraction of sp³-hybridized carbons (Fsp3) is 0.188. The van der Waals surface area contributed by atoms with Gasteiger partial charge in [-0.1, -0.05) is 36.4 Å². The SMILES string of the molecule is O=Cc1cccc(-c2ccc3c(c2)CCC3)c1. The summed E-state index contributed by atoms with van der Waals surface area (Å²) in [6.07, 6.45) is 4.57. The zero-order valence-corrected chi connectivity index (χ0v) is 9.65. The third kappa shape index (κ3) is 1.89. The Morgan fingerprint density at radius 2 is 1.71 bits per heavy atom. The number of fused-ring (bicyclic) bond motifs is 1. The van der Waals surface area contributed by atoms with Crippen molar-refractivity contribution in [3.63, 3.8) is 0 Å². The Morgan fingerprint density at radius 3 is 2.59 bits per heavy atom. The smallest absolute Gasteiger partial charge is 0.150 e. The maximum atomic E-state index is 10.8. The first kappa shape index (κ1) is 10.3. The van der Waals surface area contributed by atoms with E-state index >= 15 is 0 Å². The molecule has 0 heterocycles. The molecule has 0 aliphatic heterocycles. The fourth-order valence-electron chi connectivity index (χ4n) is 2.54. The molecule has 0 saturated heterocycles. The predicted molar refractivity (Wildman–Crippen MR) is 69.3 cm³/mol. The lowest BCUT2D eigenvalue weighted by atomic mass is 9.99. The monoisotopic (exact) mass is 222 g/mol. The Hall–Kier alpha value is -1.89. The Morgan fingerprint density at radius 1 is 0.882 bits per heavy atom. The minimum absolute atomic E-state index is 0.739. The highest BCUT2D eigenvalue weighted by Crippen LogP contribution is 2.28. The molecule has 1 heteroatoms. The molecule has 1 aliphatic rings. The van der Waals surface area contributed by atoms with Gasteiger partial charge in [-0.25, -0.2) is 0 Å². The standard InChI is InChI=1S/C16H14O/c17-11-12-3-1-5-14(9-12)16-8-7-13-4-2-6-15(13)10-16/h1,3,5,7-11H,2,4,6H2. The van der Waals surface area contributed by atoms with Gasteiger partial charge in [-0.3, -0.25) is 4.79 Å². The van der Waals surface area contributed by atoms with Crippen LogP contribution in [0, 0.1) is 0 Å². The summed E-state index contributed by atoms with van der Waals surface area (Å²) >= 11 is 0. The van der Waals surface area contributed by atoms with Crippen molar-refractivity contribution in [2.75, 3.05) is 0 Å². The van der Waals surface area contributed by atoms with Gasteiger partial charge in [0.2, 0.25) is 0 Å². The minimum Gasteiger partial charge on any atom is -0.298 e. The Balaban J connectivity index is 2.06. The molecule has 3 rings (SSSR count). The van der Waals surface area contributed by atoms with E-state index in [9.17, 15) is 4.79 Å². The molecule has 0 bridgehead atoms. The van der Waals surface area contributed by atoms with E-state index in [1.807, 2.05) is 18.2 Å². The van der Waals surface area contributed by atoms with Crippen molar-refractivity contribution in [2.24, 2.45) is 0 Å². The van der Waals surface area contributed by atoms with E-state index in [4.69, 9.17) is 0 Å². The van der Waals surface area contributed by atoms with Crippen LogP contribution in [0.5, 0.6) is 0 Å². The molecule has 2 aromatic rings. The lowest BCUT2D eigenvalue weighted by molar-refractivity contribution is 0.112. The molecule has 0 spiro atoms. The third-order valence-electron chi connectivity index (χ3n) is 3.45. The molecule has 0 atom stereocenters. The van der Waals surface area contributed by atoms with Crippen LogP contribution in [0.15, 0.2) is 42.5 Å². The second-order valence-corrected chi connectivity index (χ2v) is 4.58. The summed E-state index contributed by atoms with van der Waals surface area (Å²) in [6, 6.07) is 14.4. The van der Waals surface area contributed by atoms with Crippen molar-refractivity contribution in [3.05, 3.63) is 59.2 Å². The largest absolute Gasteiger partial charge is 0.298 e. The molecule has 1 aliphatic carbocycles. The van der Waals surface area contributed by atoms with E-state index in [-0.39, 0.29) is 0 Å². The van der Waals surface area contributed by atoms with Gasteiger partial charge >= 0.3 is 0 Å². The van der Waals surface area contributed by atoms with Crippen LogP contribution >= 0.6 is 0 Å². The highest BCUT2D eigenvalue weighted by molar-refractivity contribution is 5.79. The molecule has 0 radical (unpaired) electrons. The van der Waals surface area contributed by atoms with Gasteiger partial charge in [0.25, 0.3) is 0 Å². The number of carbonyl (C=O) groups excluding carboxylic acids is 1. The predicted octanol–water partition coefficient (Wildman–Crippen LogP) is 3.65. The Bertz CT molecular complexity index is 569. The zero-order chi connectivity index (χ0) is 11.7. The number of hydrogen-bond acceptors (Lipinski definition) is 1. The Kier molecular flexibility index (Phi) is 2.52. The lowest BCUT2D eigenvalue weighted by Crippen LogP contribution is -1.86. The topological polar surface area (TPSA) is 17.1 Å². The summed E-state index contributed by atoms with van der Waals surface area (Å²) in [5.41, 5.74) is 6.04. The van der Waals surface area contributed by atoms with Crippen molar-refractivity contribution in [1.82, 2.24) is 0 Å². The average Bonchev–Trinajstić information content (AvgIpc) is 2.86. The van der Waals surface area contributed by atoms with Crippen LogP contribution in [0.1, 0.15) is 27.9 Å². The second-order valence-electron chi connectivity index (χ2n) is 4.58. The maximum absolute atomic E-state index is 10.8. The van der Waals surface area contributed by atoms with E-state index in [0.29, 0.717) is 0 Å². The average molecular weight is 222 g/mol. The number of carbonyl (C=O) groups is 1. The van der Waals surface area contributed by atoms with Gasteiger partial charge in [-0.05, 0) is 47.6 Å². The number of benzene rings is 2. The van der Waals surface area contributed by atoms with Crippen LogP contribution in [0.3, 0.4) is 0 Å². The number of aryl methyl sites for hydroxylation is 2. The Labute approximate surface area is 101 Å². The molecule has 0 fully saturated rings. The number of hydrogen-bond donors (Lipinski definition) is 0. The molecular formula is C16H14O. The van der Waals surface area contributed by atoms with E-state index in [1.54, 1.807) is 0 Å². The van der Waals surface area contributed by atoms with Crippen LogP contribution in [0.2, 0.25) is 0 Å². The summed E-state index contributed by atoms with van der Waals surface area (Å²) in [5, 5.41) is 0.